The van der Waals surface area contributed by atoms with E-state index in [1.807, 2.05) is 0 Å². The number of anilines is 2. The van der Waals surface area contributed by atoms with Crippen LogP contribution < -0.4 is 10.6 Å². The first-order chi connectivity index (χ1) is 13.0. The maximum absolute atomic E-state index is 12.5. The Labute approximate surface area is 157 Å². The lowest BCUT2D eigenvalue weighted by atomic mass is 10.00. The number of hydrogen-bond donors (Lipinski definition) is 2. The molecule has 0 fully saturated rings. The van der Waals surface area contributed by atoms with Crippen molar-refractivity contribution in [3.8, 4) is 0 Å². The van der Waals surface area contributed by atoms with Gasteiger partial charge in [-0.25, -0.2) is 4.79 Å². The molecule has 0 bridgehead atoms. The molecule has 3 rings (SSSR count). The highest BCUT2D eigenvalue weighted by molar-refractivity contribution is 6.05. The first-order valence-electron chi connectivity index (χ1n) is 8.74. The largest absolute Gasteiger partial charge is 0.463 e. The predicted octanol–water partition coefficient (Wildman–Crippen LogP) is 3.40. The van der Waals surface area contributed by atoms with Gasteiger partial charge in [-0.15, -0.1) is 0 Å². The van der Waals surface area contributed by atoms with Crippen molar-refractivity contribution in [3.63, 3.8) is 0 Å². The lowest BCUT2D eigenvalue weighted by Crippen LogP contribution is -2.20. The second-order valence-corrected chi connectivity index (χ2v) is 6.08. The molecular weight excluding hydrogens is 344 g/mol. The van der Waals surface area contributed by atoms with Crippen molar-refractivity contribution in [2.24, 2.45) is 0 Å². The summed E-state index contributed by atoms with van der Waals surface area (Å²) in [6.45, 7) is 2.09. The fourth-order valence-electron chi connectivity index (χ4n) is 2.76. The standard InChI is InChI=1S/C21H20N2O4/c1-2-27-20(25)12-5-14-3-8-17(9-4-14)22-21(26)16-6-10-18-15(13-16)7-11-19(24)23-18/h3-6,8-10,12-13H,2,7,11H2,1H3,(H,22,26)(H,23,24)/b12-5+. The van der Waals surface area contributed by atoms with E-state index in [1.54, 1.807) is 55.5 Å². The summed E-state index contributed by atoms with van der Waals surface area (Å²) in [5.41, 5.74) is 3.74. The number of fused-ring (bicyclic) bond motifs is 1. The van der Waals surface area contributed by atoms with Crippen LogP contribution >= 0.6 is 0 Å². The van der Waals surface area contributed by atoms with Gasteiger partial charge in [0.2, 0.25) is 5.91 Å². The number of carbonyl (C=O) groups excluding carboxylic acids is 3. The van der Waals surface area contributed by atoms with Crippen LogP contribution in [0.2, 0.25) is 0 Å². The molecule has 1 aliphatic rings. The zero-order valence-corrected chi connectivity index (χ0v) is 15.0. The molecule has 138 valence electrons. The van der Waals surface area contributed by atoms with E-state index in [0.29, 0.717) is 30.7 Å². The number of benzene rings is 2. The molecule has 0 aliphatic carbocycles. The highest BCUT2D eigenvalue weighted by Crippen LogP contribution is 2.24. The number of amides is 2. The summed E-state index contributed by atoms with van der Waals surface area (Å²) in [6, 6.07) is 12.4. The quantitative estimate of drug-likeness (QED) is 0.629. The first kappa shape index (κ1) is 18.4. The van der Waals surface area contributed by atoms with Crippen LogP contribution in [0.5, 0.6) is 0 Å². The van der Waals surface area contributed by atoms with E-state index in [0.717, 1.165) is 16.8 Å². The number of rotatable bonds is 5. The van der Waals surface area contributed by atoms with Crippen LogP contribution in [0, 0.1) is 0 Å². The summed E-state index contributed by atoms with van der Waals surface area (Å²) in [6.07, 6.45) is 4.08. The van der Waals surface area contributed by atoms with Crippen LogP contribution in [0.25, 0.3) is 6.08 Å². The second kappa shape index (κ2) is 8.31. The normalized spacial score (nSPS) is 13.0. The van der Waals surface area contributed by atoms with Gasteiger partial charge in [0.05, 0.1) is 6.61 Å². The van der Waals surface area contributed by atoms with E-state index in [9.17, 15) is 14.4 Å². The van der Waals surface area contributed by atoms with Gasteiger partial charge in [-0.3, -0.25) is 9.59 Å². The van der Waals surface area contributed by atoms with Crippen LogP contribution in [0.1, 0.15) is 34.8 Å². The lowest BCUT2D eigenvalue weighted by Gasteiger charge is -2.17. The Balaban J connectivity index is 1.64. The molecule has 0 saturated heterocycles. The molecule has 2 amide bonds. The van der Waals surface area contributed by atoms with Gasteiger partial charge >= 0.3 is 5.97 Å². The third-order valence-corrected chi connectivity index (χ3v) is 4.13. The number of esters is 1. The average Bonchev–Trinajstić information content (AvgIpc) is 2.67. The molecule has 6 heteroatoms. The van der Waals surface area contributed by atoms with Gasteiger partial charge in [0.25, 0.3) is 5.91 Å². The molecule has 0 saturated carbocycles. The summed E-state index contributed by atoms with van der Waals surface area (Å²) >= 11 is 0. The van der Waals surface area contributed by atoms with E-state index in [1.165, 1.54) is 6.08 Å². The van der Waals surface area contributed by atoms with Gasteiger partial charge < -0.3 is 15.4 Å². The summed E-state index contributed by atoms with van der Waals surface area (Å²) in [5.74, 6) is -0.611. The number of ether oxygens (including phenoxy) is 1. The molecule has 2 aromatic rings. The van der Waals surface area contributed by atoms with Crippen LogP contribution in [0.4, 0.5) is 11.4 Å². The molecule has 0 aromatic heterocycles. The van der Waals surface area contributed by atoms with Crippen LogP contribution in [0.15, 0.2) is 48.5 Å². The SMILES string of the molecule is CCOC(=O)/C=C/c1ccc(NC(=O)c2ccc3c(c2)CCC(=O)N3)cc1. The minimum atomic E-state index is -0.390. The van der Waals surface area contributed by atoms with E-state index >= 15 is 0 Å². The van der Waals surface area contributed by atoms with Crippen molar-refractivity contribution in [3.05, 3.63) is 65.2 Å². The third kappa shape index (κ3) is 4.82. The molecule has 0 unspecified atom stereocenters. The number of aryl methyl sites for hydroxylation is 1. The molecule has 2 aromatic carbocycles. The maximum Gasteiger partial charge on any atom is 0.330 e. The Hall–Kier alpha value is -3.41. The number of nitrogens with one attached hydrogen (secondary N) is 2. The summed E-state index contributed by atoms with van der Waals surface area (Å²) < 4.78 is 4.83. The fourth-order valence-corrected chi connectivity index (χ4v) is 2.76. The summed E-state index contributed by atoms with van der Waals surface area (Å²) in [5, 5.41) is 5.64. The van der Waals surface area contributed by atoms with Gasteiger partial charge in [0, 0.05) is 29.4 Å². The minimum absolute atomic E-state index is 0.00297. The predicted molar refractivity (Wildman–Crippen MR) is 103 cm³/mol. The van der Waals surface area contributed by atoms with E-state index in [-0.39, 0.29) is 11.8 Å². The smallest absolute Gasteiger partial charge is 0.330 e. The topological polar surface area (TPSA) is 84.5 Å². The fraction of sp³-hybridized carbons (Fsp3) is 0.190. The number of carbonyl (C=O) groups is 3. The van der Waals surface area contributed by atoms with Gasteiger partial charge in [0.15, 0.2) is 0 Å². The summed E-state index contributed by atoms with van der Waals surface area (Å²) in [4.78, 5) is 35.2. The molecular formula is C21H20N2O4. The van der Waals surface area contributed by atoms with Crippen LogP contribution in [-0.4, -0.2) is 24.4 Å². The highest BCUT2D eigenvalue weighted by Gasteiger charge is 2.16. The molecule has 0 radical (unpaired) electrons. The Morgan fingerprint density at radius 1 is 1.15 bits per heavy atom. The first-order valence-corrected chi connectivity index (χ1v) is 8.74. The maximum atomic E-state index is 12.5. The van der Waals surface area contributed by atoms with Crippen molar-refractivity contribution in [1.29, 1.82) is 0 Å². The van der Waals surface area contributed by atoms with E-state index in [4.69, 9.17) is 4.74 Å². The van der Waals surface area contributed by atoms with Crippen molar-refractivity contribution >= 4 is 35.2 Å². The molecule has 0 spiro atoms. The Morgan fingerprint density at radius 2 is 1.93 bits per heavy atom. The van der Waals surface area contributed by atoms with Gasteiger partial charge in [-0.2, -0.15) is 0 Å². The monoisotopic (exact) mass is 364 g/mol. The molecule has 6 nitrogen and oxygen atoms in total. The van der Waals surface area contributed by atoms with E-state index < -0.39 is 5.97 Å². The Bertz CT molecular complexity index is 901. The molecule has 0 atom stereocenters. The van der Waals surface area contributed by atoms with Crippen molar-refractivity contribution in [1.82, 2.24) is 0 Å². The highest BCUT2D eigenvalue weighted by atomic mass is 16.5. The second-order valence-electron chi connectivity index (χ2n) is 6.08. The Morgan fingerprint density at radius 3 is 2.67 bits per heavy atom. The lowest BCUT2D eigenvalue weighted by molar-refractivity contribution is -0.137. The van der Waals surface area contributed by atoms with E-state index in [2.05, 4.69) is 10.6 Å². The van der Waals surface area contributed by atoms with Crippen molar-refractivity contribution in [2.45, 2.75) is 19.8 Å². The van der Waals surface area contributed by atoms with Gasteiger partial charge in [0.1, 0.15) is 0 Å². The number of hydrogen-bond acceptors (Lipinski definition) is 4. The Kier molecular flexibility index (Phi) is 5.66. The summed E-state index contributed by atoms with van der Waals surface area (Å²) in [7, 11) is 0. The molecule has 1 heterocycles. The average molecular weight is 364 g/mol. The molecule has 2 N–H and O–H groups in total. The minimum Gasteiger partial charge on any atom is -0.463 e. The van der Waals surface area contributed by atoms with Gasteiger partial charge in [-0.1, -0.05) is 12.1 Å². The van der Waals surface area contributed by atoms with Gasteiger partial charge in [-0.05, 0) is 60.9 Å². The third-order valence-electron chi connectivity index (χ3n) is 4.13. The van der Waals surface area contributed by atoms with Crippen LogP contribution in [-0.2, 0) is 20.7 Å². The zero-order valence-electron chi connectivity index (χ0n) is 15.0. The van der Waals surface area contributed by atoms with Crippen LogP contribution in [0.3, 0.4) is 0 Å². The van der Waals surface area contributed by atoms with Crippen molar-refractivity contribution in [2.75, 3.05) is 17.2 Å². The molecule has 1 aliphatic heterocycles. The molecule has 27 heavy (non-hydrogen) atoms. The van der Waals surface area contributed by atoms with Crippen molar-refractivity contribution < 1.29 is 19.1 Å². The zero-order chi connectivity index (χ0) is 19.2.